The molecule has 0 aliphatic carbocycles. The summed E-state index contributed by atoms with van der Waals surface area (Å²) in [4.78, 5) is 10.4. The van der Waals surface area contributed by atoms with Crippen LogP contribution in [0.25, 0.3) is 0 Å². The van der Waals surface area contributed by atoms with Crippen molar-refractivity contribution in [3.8, 4) is 0 Å². The molecule has 108 valence electrons. The molecule has 1 atom stereocenters. The quantitative estimate of drug-likeness (QED) is 0.663. The highest BCUT2D eigenvalue weighted by molar-refractivity contribution is 8.13. The van der Waals surface area contributed by atoms with Gasteiger partial charge in [0, 0.05) is 19.1 Å². The minimum Gasteiger partial charge on any atom is -0.288 e. The first-order valence-corrected chi connectivity index (χ1v) is 5.79. The Morgan fingerprint density at radius 2 is 1.61 bits per heavy atom. The molecule has 0 N–H and O–H groups in total. The number of rotatable bonds is 7. The van der Waals surface area contributed by atoms with Crippen LogP contribution in [-0.2, 0) is 4.79 Å². The molecule has 1 nitrogen and oxygen atoms in total. The fourth-order valence-electron chi connectivity index (χ4n) is 0.965. The third kappa shape index (κ3) is 5.92. The lowest BCUT2D eigenvalue weighted by Crippen LogP contribution is -2.39. The molecule has 0 aliphatic rings. The van der Waals surface area contributed by atoms with Crippen LogP contribution < -0.4 is 0 Å². The lowest BCUT2D eigenvalue weighted by molar-refractivity contribution is -0.170. The third-order valence-corrected chi connectivity index (χ3v) is 2.78. The van der Waals surface area contributed by atoms with Crippen LogP contribution in [-0.4, -0.2) is 35.3 Å². The van der Waals surface area contributed by atoms with Gasteiger partial charge in [-0.05, 0) is 0 Å². The first-order chi connectivity index (χ1) is 7.99. The Hall–Kier alpha value is -0.470. The summed E-state index contributed by atoms with van der Waals surface area (Å²) in [6.45, 7) is 1.10. The predicted molar refractivity (Wildman–Crippen MR) is 53.2 cm³/mol. The van der Waals surface area contributed by atoms with Gasteiger partial charge < -0.3 is 0 Å². The standard InChI is InChI=1S/C9H11F7OS/c1-5(17)18-3-2-8(13,14)6(10)4-9(15,16)7(11)12/h6-7H,2-4H2,1H3. The number of halogens is 7. The summed E-state index contributed by atoms with van der Waals surface area (Å²) in [7, 11) is 0. The zero-order valence-electron chi connectivity index (χ0n) is 9.24. The molecule has 0 aliphatic heterocycles. The molecule has 0 rings (SSSR count). The van der Waals surface area contributed by atoms with E-state index in [0.29, 0.717) is 11.8 Å². The SMILES string of the molecule is CC(=O)SCCC(F)(F)C(F)CC(F)(F)C(F)F. The molecule has 0 amide bonds. The topological polar surface area (TPSA) is 17.1 Å². The molecule has 1 unspecified atom stereocenters. The fraction of sp³-hybridized carbons (Fsp3) is 0.889. The third-order valence-electron chi connectivity index (χ3n) is 1.97. The molecule has 18 heavy (non-hydrogen) atoms. The summed E-state index contributed by atoms with van der Waals surface area (Å²) in [6, 6.07) is 0. The Morgan fingerprint density at radius 1 is 1.11 bits per heavy atom. The second kappa shape index (κ2) is 6.63. The number of thioether (sulfide) groups is 1. The van der Waals surface area contributed by atoms with Crippen molar-refractivity contribution in [2.45, 2.75) is 44.2 Å². The van der Waals surface area contributed by atoms with Gasteiger partial charge in [0.1, 0.15) is 0 Å². The van der Waals surface area contributed by atoms with Gasteiger partial charge >= 0.3 is 12.3 Å². The van der Waals surface area contributed by atoms with E-state index in [9.17, 15) is 35.5 Å². The number of hydrogen-bond acceptors (Lipinski definition) is 2. The van der Waals surface area contributed by atoms with Gasteiger partial charge in [0.15, 0.2) is 11.3 Å². The van der Waals surface area contributed by atoms with Crippen molar-refractivity contribution in [3.05, 3.63) is 0 Å². The van der Waals surface area contributed by atoms with Crippen LogP contribution >= 0.6 is 11.8 Å². The Balaban J connectivity index is 4.37. The van der Waals surface area contributed by atoms with E-state index >= 15 is 0 Å². The number of hydrogen-bond donors (Lipinski definition) is 0. The largest absolute Gasteiger partial charge is 0.310 e. The van der Waals surface area contributed by atoms with E-state index in [0.717, 1.165) is 6.92 Å². The molecule has 0 aromatic heterocycles. The molecule has 0 heterocycles. The van der Waals surface area contributed by atoms with Crippen LogP contribution in [0.5, 0.6) is 0 Å². The Morgan fingerprint density at radius 3 is 2.00 bits per heavy atom. The van der Waals surface area contributed by atoms with Crippen molar-refractivity contribution >= 4 is 16.9 Å². The Bertz CT molecular complexity index is 282. The van der Waals surface area contributed by atoms with Gasteiger partial charge in [0.05, 0.1) is 6.42 Å². The molecule has 0 bridgehead atoms. The summed E-state index contributed by atoms with van der Waals surface area (Å²) in [5, 5.41) is -0.487. The molecule has 0 aromatic rings. The van der Waals surface area contributed by atoms with Crippen molar-refractivity contribution in [2.75, 3.05) is 5.75 Å². The highest BCUT2D eigenvalue weighted by Crippen LogP contribution is 2.36. The first kappa shape index (κ1) is 17.5. The van der Waals surface area contributed by atoms with E-state index < -0.39 is 48.2 Å². The van der Waals surface area contributed by atoms with E-state index in [-0.39, 0.29) is 0 Å². The molecule has 9 heteroatoms. The van der Waals surface area contributed by atoms with Crippen molar-refractivity contribution in [2.24, 2.45) is 0 Å². The average Bonchev–Trinajstić information content (AvgIpc) is 2.15. The van der Waals surface area contributed by atoms with E-state index in [1.807, 2.05) is 0 Å². The van der Waals surface area contributed by atoms with Crippen LogP contribution in [0.15, 0.2) is 0 Å². The molecule has 0 saturated carbocycles. The Labute approximate surface area is 103 Å². The van der Waals surface area contributed by atoms with Crippen LogP contribution in [0.2, 0.25) is 0 Å². The van der Waals surface area contributed by atoms with Gasteiger partial charge in [-0.1, -0.05) is 11.8 Å². The van der Waals surface area contributed by atoms with Crippen LogP contribution in [0.3, 0.4) is 0 Å². The molecular formula is C9H11F7OS. The fourth-order valence-corrected chi connectivity index (χ4v) is 1.63. The summed E-state index contributed by atoms with van der Waals surface area (Å²) >= 11 is 0.479. The zero-order valence-corrected chi connectivity index (χ0v) is 10.1. The van der Waals surface area contributed by atoms with Gasteiger partial charge in [-0.3, -0.25) is 4.79 Å². The van der Waals surface area contributed by atoms with Crippen molar-refractivity contribution < 1.29 is 35.5 Å². The van der Waals surface area contributed by atoms with Gasteiger partial charge in [0.2, 0.25) is 0 Å². The highest BCUT2D eigenvalue weighted by atomic mass is 32.2. The van der Waals surface area contributed by atoms with Crippen LogP contribution in [0, 0.1) is 0 Å². The number of alkyl halides is 7. The molecule has 0 spiro atoms. The predicted octanol–water partition coefficient (Wildman–Crippen LogP) is 3.92. The summed E-state index contributed by atoms with van der Waals surface area (Å²) in [6.07, 6.45) is -11.0. The zero-order chi connectivity index (χ0) is 14.6. The van der Waals surface area contributed by atoms with Gasteiger partial charge in [0.25, 0.3) is 5.92 Å². The summed E-state index contributed by atoms with van der Waals surface area (Å²) in [5.74, 6) is -9.43. The Kier molecular flexibility index (Phi) is 6.45. The number of carbonyl (C=O) groups is 1. The summed E-state index contributed by atoms with van der Waals surface area (Å²) < 4.78 is 87.1. The van der Waals surface area contributed by atoms with E-state index in [1.165, 1.54) is 0 Å². The lowest BCUT2D eigenvalue weighted by atomic mass is 10.0. The maximum atomic E-state index is 13.0. The minimum absolute atomic E-state index is 0.469. The van der Waals surface area contributed by atoms with Gasteiger partial charge in [-0.2, -0.15) is 0 Å². The molecule has 0 aromatic carbocycles. The van der Waals surface area contributed by atoms with E-state index in [4.69, 9.17) is 0 Å². The van der Waals surface area contributed by atoms with Crippen molar-refractivity contribution in [1.82, 2.24) is 0 Å². The minimum atomic E-state index is -4.80. The maximum absolute atomic E-state index is 13.0. The number of carbonyl (C=O) groups excluding carboxylic acids is 1. The van der Waals surface area contributed by atoms with Crippen molar-refractivity contribution in [1.29, 1.82) is 0 Å². The van der Waals surface area contributed by atoms with Gasteiger partial charge in [-0.15, -0.1) is 0 Å². The monoisotopic (exact) mass is 300 g/mol. The molecule has 0 fully saturated rings. The molecule has 0 saturated heterocycles. The summed E-state index contributed by atoms with van der Waals surface area (Å²) in [5.41, 5.74) is 0. The first-order valence-electron chi connectivity index (χ1n) is 4.80. The lowest BCUT2D eigenvalue weighted by Gasteiger charge is -2.24. The average molecular weight is 300 g/mol. The molecular weight excluding hydrogens is 289 g/mol. The highest BCUT2D eigenvalue weighted by Gasteiger charge is 2.50. The smallest absolute Gasteiger partial charge is 0.288 e. The van der Waals surface area contributed by atoms with E-state index in [1.54, 1.807) is 0 Å². The second-order valence-electron chi connectivity index (χ2n) is 3.58. The van der Waals surface area contributed by atoms with Crippen LogP contribution in [0.1, 0.15) is 19.8 Å². The normalized spacial score (nSPS) is 14.9. The van der Waals surface area contributed by atoms with Crippen LogP contribution in [0.4, 0.5) is 30.7 Å². The second-order valence-corrected chi connectivity index (χ2v) is 4.86. The molecule has 0 radical (unpaired) electrons. The van der Waals surface area contributed by atoms with Gasteiger partial charge in [-0.25, -0.2) is 30.7 Å². The van der Waals surface area contributed by atoms with Crippen molar-refractivity contribution in [3.63, 3.8) is 0 Å². The maximum Gasteiger partial charge on any atom is 0.310 e. The van der Waals surface area contributed by atoms with E-state index in [2.05, 4.69) is 0 Å².